The van der Waals surface area contributed by atoms with Crippen LogP contribution in [0.2, 0.25) is 0 Å². The number of nitrogens with zero attached hydrogens (tertiary/aromatic N) is 2. The van der Waals surface area contributed by atoms with E-state index in [0.29, 0.717) is 11.7 Å². The summed E-state index contributed by atoms with van der Waals surface area (Å²) in [4.78, 5) is 9.46. The van der Waals surface area contributed by atoms with Gasteiger partial charge < -0.3 is 10.6 Å². The highest BCUT2D eigenvalue weighted by molar-refractivity contribution is 7.28. The largest absolute Gasteiger partial charge is 0.375 e. The monoisotopic (exact) mass is 195 g/mol. The van der Waals surface area contributed by atoms with E-state index in [0.717, 1.165) is 14.4 Å². The number of anilines is 1. The van der Waals surface area contributed by atoms with Crippen molar-refractivity contribution in [2.45, 2.75) is 6.54 Å². The topological polar surface area (TPSA) is 43.3 Å². The van der Waals surface area contributed by atoms with Crippen LogP contribution in [-0.4, -0.2) is 4.98 Å². The van der Waals surface area contributed by atoms with Crippen LogP contribution < -0.4 is 5.73 Å². The molecule has 5 heteroatoms. The minimum Gasteiger partial charge on any atom is -0.375 e. The predicted octanol–water partition coefficient (Wildman–Crippen LogP) is 2.36. The molecule has 2 aromatic rings. The first-order valence-electron chi connectivity index (χ1n) is 3.27. The molecular weight excluding hydrogens is 190 g/mol. The van der Waals surface area contributed by atoms with Crippen LogP contribution in [0.4, 0.5) is 5.13 Å². The number of hydrogen-bond donors (Lipinski definition) is 1. The summed E-state index contributed by atoms with van der Waals surface area (Å²) >= 11 is 3.02. The Morgan fingerprint density at radius 1 is 1.58 bits per heavy atom. The van der Waals surface area contributed by atoms with Crippen LogP contribution in [0.3, 0.4) is 0 Å². The third-order valence-electron chi connectivity index (χ3n) is 1.39. The molecule has 0 spiro atoms. The quantitative estimate of drug-likeness (QED) is 0.710. The molecule has 2 heterocycles. The molecule has 0 bridgehead atoms. The van der Waals surface area contributed by atoms with Gasteiger partial charge in [-0.3, -0.25) is 0 Å². The molecule has 2 aromatic heterocycles. The molecule has 0 aliphatic heterocycles. The van der Waals surface area contributed by atoms with Crippen LogP contribution >= 0.6 is 22.7 Å². The minimum atomic E-state index is 0.452. The summed E-state index contributed by atoms with van der Waals surface area (Å²) in [7, 11) is 0. The van der Waals surface area contributed by atoms with Crippen molar-refractivity contribution in [1.29, 1.82) is 0 Å². The van der Waals surface area contributed by atoms with Gasteiger partial charge in [-0.25, -0.2) is 11.6 Å². The van der Waals surface area contributed by atoms with E-state index in [9.17, 15) is 0 Å². The van der Waals surface area contributed by atoms with Crippen molar-refractivity contribution >= 4 is 37.3 Å². The summed E-state index contributed by atoms with van der Waals surface area (Å²) in [5, 5.41) is 0.602. The Bertz CT molecular complexity index is 417. The fraction of sp³-hybridized carbons (Fsp3) is 0.143. The number of aromatic nitrogens is 1. The van der Waals surface area contributed by atoms with Crippen LogP contribution in [-0.2, 0) is 6.54 Å². The highest BCUT2D eigenvalue weighted by Gasteiger charge is 2.07. The van der Waals surface area contributed by atoms with Gasteiger partial charge in [0.2, 0.25) is 6.54 Å². The highest BCUT2D eigenvalue weighted by Crippen LogP contribution is 2.31. The van der Waals surface area contributed by atoms with Gasteiger partial charge in [-0.15, -0.1) is 11.3 Å². The zero-order valence-electron chi connectivity index (χ0n) is 6.07. The summed E-state index contributed by atoms with van der Waals surface area (Å²) in [6.07, 6.45) is 0. The highest BCUT2D eigenvalue weighted by atomic mass is 32.1. The molecule has 0 aliphatic carbocycles. The van der Waals surface area contributed by atoms with Crippen molar-refractivity contribution in [3.63, 3.8) is 0 Å². The number of hydrogen-bond acceptors (Lipinski definition) is 4. The Kier molecular flexibility index (Phi) is 1.71. The number of nitrogen functional groups attached to an aromatic ring is 1. The molecule has 0 saturated heterocycles. The summed E-state index contributed by atoms with van der Waals surface area (Å²) in [5.74, 6) is 0. The van der Waals surface area contributed by atoms with Gasteiger partial charge in [0.25, 0.3) is 0 Å². The molecule has 60 valence electrons. The van der Waals surface area contributed by atoms with Crippen LogP contribution in [0.25, 0.3) is 14.4 Å². The third kappa shape index (κ3) is 1.15. The van der Waals surface area contributed by atoms with E-state index in [-0.39, 0.29) is 0 Å². The lowest BCUT2D eigenvalue weighted by atomic mass is 10.5. The summed E-state index contributed by atoms with van der Waals surface area (Å²) in [6.45, 7) is 7.15. The standard InChI is InChI=1S/C7H5N3S2/c1-9-3-4-2-5-6(11-4)10-7(8)12-5/h2H,3H2,(H2,8,10). The van der Waals surface area contributed by atoms with Gasteiger partial charge in [0.15, 0.2) is 5.13 Å². The fourth-order valence-electron chi connectivity index (χ4n) is 0.954. The molecule has 0 radical (unpaired) electrons. The van der Waals surface area contributed by atoms with Crippen molar-refractivity contribution in [2.24, 2.45) is 0 Å². The third-order valence-corrected chi connectivity index (χ3v) is 3.37. The van der Waals surface area contributed by atoms with Crippen LogP contribution in [0.5, 0.6) is 0 Å². The number of thiazole rings is 1. The van der Waals surface area contributed by atoms with Crippen molar-refractivity contribution in [3.8, 4) is 0 Å². The molecule has 0 unspecified atom stereocenters. The fourth-order valence-corrected chi connectivity index (χ4v) is 2.89. The SMILES string of the molecule is [C-]#[N+]Cc1cc2sc(N)nc2s1. The van der Waals surface area contributed by atoms with Gasteiger partial charge in [0.05, 0.1) is 9.58 Å². The van der Waals surface area contributed by atoms with E-state index in [1.807, 2.05) is 6.07 Å². The summed E-state index contributed by atoms with van der Waals surface area (Å²) in [6, 6.07) is 1.99. The van der Waals surface area contributed by atoms with E-state index >= 15 is 0 Å². The Hall–Kier alpha value is -1.12. The van der Waals surface area contributed by atoms with Gasteiger partial charge in [0, 0.05) is 0 Å². The molecule has 3 nitrogen and oxygen atoms in total. The average Bonchev–Trinajstić information content (AvgIpc) is 2.44. The molecule has 0 aromatic carbocycles. The second kappa shape index (κ2) is 2.73. The predicted molar refractivity (Wildman–Crippen MR) is 52.2 cm³/mol. The van der Waals surface area contributed by atoms with E-state index in [2.05, 4.69) is 9.83 Å². The Morgan fingerprint density at radius 3 is 3.08 bits per heavy atom. The molecule has 0 saturated carbocycles. The summed E-state index contributed by atoms with van der Waals surface area (Å²) < 4.78 is 1.09. The lowest BCUT2D eigenvalue weighted by Gasteiger charge is -1.78. The molecule has 2 rings (SSSR count). The molecule has 0 atom stereocenters. The molecule has 0 aliphatic rings. The van der Waals surface area contributed by atoms with Crippen LogP contribution in [0, 0.1) is 6.57 Å². The van der Waals surface area contributed by atoms with Gasteiger partial charge in [-0.05, 0) is 6.07 Å². The first kappa shape index (κ1) is 7.53. The maximum atomic E-state index is 6.70. The summed E-state index contributed by atoms with van der Waals surface area (Å²) in [5.41, 5.74) is 5.51. The Balaban J connectivity index is 2.51. The average molecular weight is 195 g/mol. The number of nitrogens with two attached hydrogens (primary N) is 1. The van der Waals surface area contributed by atoms with Crippen molar-refractivity contribution in [3.05, 3.63) is 22.4 Å². The maximum absolute atomic E-state index is 6.70. The first-order valence-corrected chi connectivity index (χ1v) is 4.91. The van der Waals surface area contributed by atoms with Crippen molar-refractivity contribution in [2.75, 3.05) is 5.73 Å². The molecule has 0 fully saturated rings. The lowest BCUT2D eigenvalue weighted by Crippen LogP contribution is -1.78. The minimum absolute atomic E-state index is 0.452. The van der Waals surface area contributed by atoms with E-state index in [1.165, 1.54) is 11.3 Å². The van der Waals surface area contributed by atoms with Gasteiger partial charge in [-0.2, -0.15) is 0 Å². The van der Waals surface area contributed by atoms with Gasteiger partial charge in [-0.1, -0.05) is 11.3 Å². The van der Waals surface area contributed by atoms with Gasteiger partial charge in [0.1, 0.15) is 4.83 Å². The zero-order valence-corrected chi connectivity index (χ0v) is 7.71. The zero-order chi connectivity index (χ0) is 8.55. The van der Waals surface area contributed by atoms with Crippen molar-refractivity contribution < 1.29 is 0 Å². The van der Waals surface area contributed by atoms with Crippen LogP contribution in [0.1, 0.15) is 4.88 Å². The van der Waals surface area contributed by atoms with Crippen LogP contribution in [0.15, 0.2) is 6.07 Å². The molecule has 0 amide bonds. The molecule has 12 heavy (non-hydrogen) atoms. The van der Waals surface area contributed by atoms with Gasteiger partial charge >= 0.3 is 0 Å². The van der Waals surface area contributed by atoms with Crippen molar-refractivity contribution in [1.82, 2.24) is 4.98 Å². The smallest absolute Gasteiger partial charge is 0.248 e. The Morgan fingerprint density at radius 2 is 2.42 bits per heavy atom. The number of rotatable bonds is 1. The first-order chi connectivity index (χ1) is 5.79. The molecule has 2 N–H and O–H groups in total. The van der Waals surface area contributed by atoms with E-state index in [1.54, 1.807) is 11.3 Å². The molecular formula is C7H5N3S2. The normalized spacial score (nSPS) is 10.2. The number of thiophene rings is 1. The Labute approximate surface area is 77.3 Å². The second-order valence-electron chi connectivity index (χ2n) is 2.25. The number of fused-ring (bicyclic) bond motifs is 1. The van der Waals surface area contributed by atoms with E-state index < -0.39 is 0 Å². The second-order valence-corrected chi connectivity index (χ2v) is 4.43. The lowest BCUT2D eigenvalue weighted by molar-refractivity contribution is 1.34. The maximum Gasteiger partial charge on any atom is 0.248 e. The van der Waals surface area contributed by atoms with E-state index in [4.69, 9.17) is 12.3 Å².